The van der Waals surface area contributed by atoms with Crippen molar-refractivity contribution in [1.29, 1.82) is 0 Å². The van der Waals surface area contributed by atoms with E-state index >= 15 is 0 Å². The number of anilines is 2. The fraction of sp³-hybridized carbons (Fsp3) is 0.208. The maximum atomic E-state index is 12.5. The van der Waals surface area contributed by atoms with Crippen LogP contribution in [0.1, 0.15) is 17.2 Å². The largest absolute Gasteiger partial charge is 0.495 e. The number of aromatic nitrogens is 1. The maximum absolute atomic E-state index is 12.5. The predicted molar refractivity (Wildman–Crippen MR) is 119 cm³/mol. The molecule has 1 atom stereocenters. The molecular formula is C24H24N4O3. The Morgan fingerprint density at radius 3 is 2.68 bits per heavy atom. The molecule has 1 unspecified atom stereocenters. The SMILES string of the molecule is COc1ccccc1NC(=O)C(=O)NCC(c1cccnc1)N1CCc2ccccc21. The van der Waals surface area contributed by atoms with Gasteiger partial charge in [0.1, 0.15) is 5.75 Å². The summed E-state index contributed by atoms with van der Waals surface area (Å²) in [5.41, 5.74) is 3.84. The lowest BCUT2D eigenvalue weighted by molar-refractivity contribution is -0.136. The summed E-state index contributed by atoms with van der Waals surface area (Å²) in [7, 11) is 1.51. The average molecular weight is 416 g/mol. The maximum Gasteiger partial charge on any atom is 0.313 e. The number of para-hydroxylation sites is 3. The van der Waals surface area contributed by atoms with E-state index in [1.807, 2.05) is 24.3 Å². The molecule has 0 aliphatic carbocycles. The molecule has 0 fully saturated rings. The Morgan fingerprint density at radius 1 is 1.06 bits per heavy atom. The quantitative estimate of drug-likeness (QED) is 0.604. The highest BCUT2D eigenvalue weighted by molar-refractivity contribution is 6.39. The summed E-state index contributed by atoms with van der Waals surface area (Å²) in [6.45, 7) is 1.11. The molecule has 0 radical (unpaired) electrons. The fourth-order valence-corrected chi connectivity index (χ4v) is 3.87. The lowest BCUT2D eigenvalue weighted by atomic mass is 10.1. The number of amides is 2. The Kier molecular flexibility index (Phi) is 6.12. The van der Waals surface area contributed by atoms with E-state index in [2.05, 4.69) is 32.7 Å². The Labute approximate surface area is 181 Å². The lowest BCUT2D eigenvalue weighted by Gasteiger charge is -2.30. The van der Waals surface area contributed by atoms with E-state index in [0.717, 1.165) is 24.2 Å². The standard InChI is InChI=1S/C24H24N4O3/c1-31-22-11-5-3-9-19(22)27-24(30)23(29)26-16-21(18-8-6-13-25-15-18)28-14-12-17-7-2-4-10-20(17)28/h2-11,13,15,21H,12,14,16H2,1H3,(H,26,29)(H,27,30). The molecule has 7 nitrogen and oxygen atoms in total. The zero-order chi connectivity index (χ0) is 21.6. The number of carbonyl (C=O) groups is 2. The van der Waals surface area contributed by atoms with Crippen molar-refractivity contribution < 1.29 is 14.3 Å². The van der Waals surface area contributed by atoms with E-state index in [4.69, 9.17) is 4.74 Å². The van der Waals surface area contributed by atoms with Gasteiger partial charge in [-0.2, -0.15) is 0 Å². The van der Waals surface area contributed by atoms with Crippen LogP contribution < -0.4 is 20.3 Å². The second kappa shape index (κ2) is 9.30. The molecule has 2 N–H and O–H groups in total. The van der Waals surface area contributed by atoms with E-state index < -0.39 is 11.8 Å². The molecule has 2 aromatic carbocycles. The molecule has 0 bridgehead atoms. The minimum atomic E-state index is -0.740. The van der Waals surface area contributed by atoms with Crippen molar-refractivity contribution in [2.75, 3.05) is 30.4 Å². The van der Waals surface area contributed by atoms with Crippen LogP contribution in [-0.4, -0.2) is 37.0 Å². The third-order valence-corrected chi connectivity index (χ3v) is 5.39. The van der Waals surface area contributed by atoms with Crippen molar-refractivity contribution in [3.8, 4) is 5.75 Å². The number of hydrogen-bond acceptors (Lipinski definition) is 5. The van der Waals surface area contributed by atoms with Gasteiger partial charge in [-0.25, -0.2) is 0 Å². The summed E-state index contributed by atoms with van der Waals surface area (Å²) in [5.74, 6) is -0.950. The molecule has 2 heterocycles. The first-order chi connectivity index (χ1) is 15.2. The van der Waals surface area contributed by atoms with Gasteiger partial charge in [0, 0.05) is 31.2 Å². The zero-order valence-corrected chi connectivity index (χ0v) is 17.2. The smallest absolute Gasteiger partial charge is 0.313 e. The normalized spacial score (nSPS) is 13.3. The monoisotopic (exact) mass is 416 g/mol. The number of methoxy groups -OCH3 is 1. The first-order valence-electron chi connectivity index (χ1n) is 10.1. The van der Waals surface area contributed by atoms with Crippen LogP contribution in [0.3, 0.4) is 0 Å². The highest BCUT2D eigenvalue weighted by Gasteiger charge is 2.28. The van der Waals surface area contributed by atoms with Gasteiger partial charge >= 0.3 is 11.8 Å². The van der Waals surface area contributed by atoms with E-state index in [9.17, 15) is 9.59 Å². The summed E-state index contributed by atoms with van der Waals surface area (Å²) in [6.07, 6.45) is 4.46. The Balaban J connectivity index is 1.48. The molecule has 0 saturated carbocycles. The van der Waals surface area contributed by atoms with Gasteiger partial charge < -0.3 is 20.3 Å². The fourth-order valence-electron chi connectivity index (χ4n) is 3.87. The number of benzene rings is 2. The van der Waals surface area contributed by atoms with Gasteiger partial charge in [0.2, 0.25) is 0 Å². The highest BCUT2D eigenvalue weighted by atomic mass is 16.5. The van der Waals surface area contributed by atoms with Gasteiger partial charge in [-0.1, -0.05) is 36.4 Å². The van der Waals surface area contributed by atoms with Crippen LogP contribution >= 0.6 is 0 Å². The van der Waals surface area contributed by atoms with Crippen molar-refractivity contribution in [1.82, 2.24) is 10.3 Å². The van der Waals surface area contributed by atoms with Gasteiger partial charge in [0.15, 0.2) is 0 Å². The molecule has 3 aromatic rings. The first kappa shape index (κ1) is 20.4. The van der Waals surface area contributed by atoms with Crippen LogP contribution in [-0.2, 0) is 16.0 Å². The highest BCUT2D eigenvalue weighted by Crippen LogP contribution is 2.34. The van der Waals surface area contributed by atoms with E-state index in [0.29, 0.717) is 11.4 Å². The Morgan fingerprint density at radius 2 is 1.87 bits per heavy atom. The average Bonchev–Trinajstić information content (AvgIpc) is 3.24. The number of nitrogens with zero attached hydrogens (tertiary/aromatic N) is 2. The third-order valence-electron chi connectivity index (χ3n) is 5.39. The van der Waals surface area contributed by atoms with Crippen LogP contribution in [0.2, 0.25) is 0 Å². The number of fused-ring (bicyclic) bond motifs is 1. The van der Waals surface area contributed by atoms with Gasteiger partial charge in [0.05, 0.1) is 18.8 Å². The third kappa shape index (κ3) is 4.50. The molecule has 1 aromatic heterocycles. The van der Waals surface area contributed by atoms with Crippen molar-refractivity contribution in [2.24, 2.45) is 0 Å². The number of rotatable bonds is 6. The van der Waals surface area contributed by atoms with Crippen molar-refractivity contribution in [2.45, 2.75) is 12.5 Å². The van der Waals surface area contributed by atoms with E-state index in [1.54, 1.807) is 36.7 Å². The Bertz CT molecular complexity index is 1070. The van der Waals surface area contributed by atoms with Crippen LogP contribution in [0.15, 0.2) is 73.1 Å². The number of ether oxygens (including phenoxy) is 1. The van der Waals surface area contributed by atoms with Crippen LogP contribution in [0.5, 0.6) is 5.75 Å². The van der Waals surface area contributed by atoms with E-state index in [1.165, 1.54) is 12.7 Å². The predicted octanol–water partition coefficient (Wildman–Crippen LogP) is 2.95. The Hall–Kier alpha value is -3.87. The topological polar surface area (TPSA) is 83.6 Å². The number of nitrogens with one attached hydrogen (secondary N) is 2. The molecule has 1 aliphatic rings. The summed E-state index contributed by atoms with van der Waals surface area (Å²) < 4.78 is 5.22. The summed E-state index contributed by atoms with van der Waals surface area (Å²) in [6, 6.07) is 18.9. The molecule has 4 rings (SSSR count). The van der Waals surface area contributed by atoms with E-state index in [-0.39, 0.29) is 12.6 Å². The summed E-state index contributed by atoms with van der Waals surface area (Å²) in [4.78, 5) is 31.5. The molecule has 1 aliphatic heterocycles. The molecular weight excluding hydrogens is 392 g/mol. The molecule has 31 heavy (non-hydrogen) atoms. The van der Waals surface area contributed by atoms with Crippen molar-refractivity contribution in [3.63, 3.8) is 0 Å². The van der Waals surface area contributed by atoms with Gasteiger partial charge in [-0.3, -0.25) is 14.6 Å². The molecule has 7 heteroatoms. The molecule has 0 saturated heterocycles. The number of carbonyl (C=O) groups excluding carboxylic acids is 2. The van der Waals surface area contributed by atoms with Gasteiger partial charge in [-0.05, 0) is 41.8 Å². The second-order valence-corrected chi connectivity index (χ2v) is 7.24. The number of pyridine rings is 1. The lowest BCUT2D eigenvalue weighted by Crippen LogP contribution is -2.41. The van der Waals surface area contributed by atoms with Crippen LogP contribution in [0.4, 0.5) is 11.4 Å². The minimum absolute atomic E-state index is 0.139. The molecule has 0 spiro atoms. The summed E-state index contributed by atoms with van der Waals surface area (Å²) >= 11 is 0. The molecule has 158 valence electrons. The van der Waals surface area contributed by atoms with Gasteiger partial charge in [-0.15, -0.1) is 0 Å². The minimum Gasteiger partial charge on any atom is -0.495 e. The number of hydrogen-bond donors (Lipinski definition) is 2. The summed E-state index contributed by atoms with van der Waals surface area (Å²) in [5, 5.41) is 5.39. The van der Waals surface area contributed by atoms with Crippen molar-refractivity contribution >= 4 is 23.2 Å². The first-order valence-corrected chi connectivity index (χ1v) is 10.1. The zero-order valence-electron chi connectivity index (χ0n) is 17.2. The van der Waals surface area contributed by atoms with Crippen LogP contribution in [0, 0.1) is 0 Å². The molecule has 2 amide bonds. The van der Waals surface area contributed by atoms with Crippen molar-refractivity contribution in [3.05, 3.63) is 84.2 Å². The second-order valence-electron chi connectivity index (χ2n) is 7.24. The van der Waals surface area contributed by atoms with Crippen LogP contribution in [0.25, 0.3) is 0 Å². The van der Waals surface area contributed by atoms with Gasteiger partial charge in [0.25, 0.3) is 0 Å².